The lowest BCUT2D eigenvalue weighted by atomic mass is 10.1. The number of hydrogen-bond acceptors (Lipinski definition) is 1. The number of halogens is 3. The van der Waals surface area contributed by atoms with Crippen molar-refractivity contribution in [1.29, 1.82) is 0 Å². The molecule has 0 bridgehead atoms. The van der Waals surface area contributed by atoms with Crippen LogP contribution >= 0.6 is 0 Å². The second-order valence-corrected chi connectivity index (χ2v) is 6.74. The predicted molar refractivity (Wildman–Crippen MR) is 105 cm³/mol. The molecule has 142 valence electrons. The van der Waals surface area contributed by atoms with E-state index < -0.39 is 11.7 Å². The number of benzene rings is 3. The molecule has 0 spiro atoms. The Morgan fingerprint density at radius 3 is 2.18 bits per heavy atom. The molecule has 3 aromatic carbocycles. The Morgan fingerprint density at radius 2 is 1.46 bits per heavy atom. The van der Waals surface area contributed by atoms with E-state index in [4.69, 9.17) is 0 Å². The first-order chi connectivity index (χ1) is 13.5. The maximum absolute atomic E-state index is 12.9. The topological polar surface area (TPSA) is 17.8 Å². The van der Waals surface area contributed by atoms with Gasteiger partial charge in [-0.3, -0.25) is 0 Å². The van der Waals surface area contributed by atoms with Crippen LogP contribution in [0.4, 0.5) is 13.2 Å². The third-order valence-electron chi connectivity index (χ3n) is 4.81. The van der Waals surface area contributed by atoms with Crippen molar-refractivity contribution in [3.05, 3.63) is 90.0 Å². The van der Waals surface area contributed by atoms with E-state index in [0.29, 0.717) is 11.4 Å². The third kappa shape index (κ3) is 3.79. The fraction of sp³-hybridized carbons (Fsp3) is 0.174. The van der Waals surface area contributed by atoms with E-state index >= 15 is 0 Å². The van der Waals surface area contributed by atoms with Crippen LogP contribution in [-0.2, 0) is 19.1 Å². The molecule has 2 nitrogen and oxygen atoms in total. The summed E-state index contributed by atoms with van der Waals surface area (Å²) in [5.74, 6) is 0.697. The van der Waals surface area contributed by atoms with Gasteiger partial charge in [0.2, 0.25) is 0 Å². The van der Waals surface area contributed by atoms with Crippen LogP contribution in [-0.4, -0.2) is 9.55 Å². The quantitative estimate of drug-likeness (QED) is 0.394. The highest BCUT2D eigenvalue weighted by Crippen LogP contribution is 2.32. The summed E-state index contributed by atoms with van der Waals surface area (Å²) in [7, 11) is 0. The highest BCUT2D eigenvalue weighted by atomic mass is 19.4. The first-order valence-corrected chi connectivity index (χ1v) is 9.19. The monoisotopic (exact) mass is 380 g/mol. The largest absolute Gasteiger partial charge is 0.416 e. The van der Waals surface area contributed by atoms with Gasteiger partial charge in [0.25, 0.3) is 0 Å². The second-order valence-electron chi connectivity index (χ2n) is 6.74. The molecule has 0 N–H and O–H groups in total. The van der Waals surface area contributed by atoms with E-state index in [-0.39, 0.29) is 0 Å². The Morgan fingerprint density at radius 1 is 0.786 bits per heavy atom. The molecule has 0 saturated carbocycles. The van der Waals surface area contributed by atoms with Crippen molar-refractivity contribution in [2.45, 2.75) is 25.6 Å². The molecular weight excluding hydrogens is 361 g/mol. The van der Waals surface area contributed by atoms with Gasteiger partial charge in [-0.25, -0.2) is 4.98 Å². The maximum Gasteiger partial charge on any atom is 0.416 e. The van der Waals surface area contributed by atoms with E-state index in [1.807, 2.05) is 42.5 Å². The van der Waals surface area contributed by atoms with Crippen LogP contribution in [0.3, 0.4) is 0 Å². The summed E-state index contributed by atoms with van der Waals surface area (Å²) < 4.78 is 40.7. The minimum Gasteiger partial charge on any atom is -0.324 e. The Labute approximate surface area is 161 Å². The number of nitrogens with zero attached hydrogens (tertiary/aromatic N) is 2. The number of fused-ring (bicyclic) bond motifs is 1. The van der Waals surface area contributed by atoms with E-state index in [1.165, 1.54) is 17.7 Å². The summed E-state index contributed by atoms with van der Waals surface area (Å²) in [6, 6.07) is 23.3. The zero-order valence-corrected chi connectivity index (χ0v) is 15.2. The minimum absolute atomic E-state index is 0.650. The molecule has 0 aliphatic heterocycles. The van der Waals surface area contributed by atoms with Crippen LogP contribution in [0.1, 0.15) is 17.5 Å². The van der Waals surface area contributed by atoms with Gasteiger partial charge >= 0.3 is 6.18 Å². The van der Waals surface area contributed by atoms with Crippen LogP contribution in [0.15, 0.2) is 78.9 Å². The summed E-state index contributed by atoms with van der Waals surface area (Å²) in [6.07, 6.45) is -2.49. The van der Waals surface area contributed by atoms with Gasteiger partial charge in [-0.2, -0.15) is 13.2 Å². The van der Waals surface area contributed by atoms with Gasteiger partial charge in [-0.1, -0.05) is 54.6 Å². The minimum atomic E-state index is -4.34. The number of para-hydroxylation sites is 2. The van der Waals surface area contributed by atoms with Crippen molar-refractivity contribution in [2.75, 3.05) is 0 Å². The zero-order valence-electron chi connectivity index (χ0n) is 15.2. The van der Waals surface area contributed by atoms with Crippen LogP contribution in [0.25, 0.3) is 22.4 Å². The first-order valence-electron chi connectivity index (χ1n) is 9.19. The van der Waals surface area contributed by atoms with Crippen molar-refractivity contribution < 1.29 is 13.2 Å². The second kappa shape index (κ2) is 7.50. The lowest BCUT2D eigenvalue weighted by Crippen LogP contribution is -2.05. The predicted octanol–water partition coefficient (Wildman–Crippen LogP) is 6.35. The van der Waals surface area contributed by atoms with Crippen LogP contribution < -0.4 is 0 Å². The van der Waals surface area contributed by atoms with Crippen molar-refractivity contribution in [3.63, 3.8) is 0 Å². The summed E-state index contributed by atoms with van der Waals surface area (Å²) >= 11 is 0. The molecule has 0 aliphatic rings. The van der Waals surface area contributed by atoms with Gasteiger partial charge in [-0.15, -0.1) is 0 Å². The molecule has 1 heterocycles. The van der Waals surface area contributed by atoms with Gasteiger partial charge in [0, 0.05) is 12.1 Å². The molecule has 5 heteroatoms. The van der Waals surface area contributed by atoms with Gasteiger partial charge in [0.1, 0.15) is 5.82 Å². The average molecular weight is 380 g/mol. The van der Waals surface area contributed by atoms with E-state index in [2.05, 4.69) is 21.7 Å². The smallest absolute Gasteiger partial charge is 0.324 e. The molecule has 4 rings (SSSR count). The summed E-state index contributed by atoms with van der Waals surface area (Å²) in [6.45, 7) is 0.742. The first kappa shape index (κ1) is 18.3. The van der Waals surface area contributed by atoms with Crippen LogP contribution in [0.5, 0.6) is 0 Å². The summed E-state index contributed by atoms with van der Waals surface area (Å²) in [5.41, 5.74) is 3.14. The number of rotatable bonds is 5. The molecule has 0 radical (unpaired) electrons. The van der Waals surface area contributed by atoms with Crippen molar-refractivity contribution in [3.8, 4) is 11.4 Å². The molecule has 0 unspecified atom stereocenters. The molecule has 0 atom stereocenters. The van der Waals surface area contributed by atoms with Gasteiger partial charge in [0.15, 0.2) is 0 Å². The molecular formula is C23H19F3N2. The Hall–Kier alpha value is -3.08. The zero-order chi connectivity index (χ0) is 19.6. The third-order valence-corrected chi connectivity index (χ3v) is 4.81. The number of aryl methyl sites for hydroxylation is 2. The van der Waals surface area contributed by atoms with E-state index in [1.54, 1.807) is 0 Å². The van der Waals surface area contributed by atoms with Crippen LogP contribution in [0, 0.1) is 0 Å². The molecule has 28 heavy (non-hydrogen) atoms. The fourth-order valence-electron chi connectivity index (χ4n) is 3.42. The number of alkyl halides is 3. The van der Waals surface area contributed by atoms with E-state index in [9.17, 15) is 13.2 Å². The molecule has 0 saturated heterocycles. The van der Waals surface area contributed by atoms with Crippen LogP contribution in [0.2, 0.25) is 0 Å². The standard InChI is InChI=1S/C23H19F3N2/c24-23(25,26)19-14-12-18(13-15-19)22-27-20-10-4-5-11-21(20)28(22)16-6-9-17-7-2-1-3-8-17/h1-5,7-8,10-15H,6,9,16H2. The molecule has 1 aromatic heterocycles. The molecule has 0 fully saturated rings. The number of hydrogen-bond donors (Lipinski definition) is 0. The van der Waals surface area contributed by atoms with E-state index in [0.717, 1.165) is 42.6 Å². The van der Waals surface area contributed by atoms with Gasteiger partial charge < -0.3 is 4.57 Å². The Kier molecular flexibility index (Phi) is 4.90. The van der Waals surface area contributed by atoms with Gasteiger partial charge in [0.05, 0.1) is 16.6 Å². The molecule has 0 aliphatic carbocycles. The lowest BCUT2D eigenvalue weighted by Gasteiger charge is -2.11. The highest BCUT2D eigenvalue weighted by molar-refractivity contribution is 5.80. The number of aromatic nitrogens is 2. The van der Waals surface area contributed by atoms with Crippen molar-refractivity contribution in [1.82, 2.24) is 9.55 Å². The average Bonchev–Trinajstić information content (AvgIpc) is 3.07. The number of imidazole rings is 1. The Balaban J connectivity index is 1.65. The normalized spacial score (nSPS) is 11.8. The Bertz CT molecular complexity index is 1060. The summed E-state index contributed by atoms with van der Waals surface area (Å²) in [4.78, 5) is 4.68. The fourth-order valence-corrected chi connectivity index (χ4v) is 3.42. The lowest BCUT2D eigenvalue weighted by molar-refractivity contribution is -0.137. The highest BCUT2D eigenvalue weighted by Gasteiger charge is 2.30. The van der Waals surface area contributed by atoms with Gasteiger partial charge in [-0.05, 0) is 42.7 Å². The van der Waals surface area contributed by atoms with Crippen molar-refractivity contribution in [2.24, 2.45) is 0 Å². The maximum atomic E-state index is 12.9. The SMILES string of the molecule is FC(F)(F)c1ccc(-c2nc3ccccc3n2CCCc2ccccc2)cc1. The molecule has 0 amide bonds. The molecule has 4 aromatic rings. The van der Waals surface area contributed by atoms with Crippen molar-refractivity contribution >= 4 is 11.0 Å². The summed E-state index contributed by atoms with van der Waals surface area (Å²) in [5, 5.41) is 0.